The maximum absolute atomic E-state index is 13.2. The smallest absolute Gasteiger partial charge is 0.221 e. The summed E-state index contributed by atoms with van der Waals surface area (Å²) in [6, 6.07) is 11.6. The Hall–Kier alpha value is -4.40. The lowest BCUT2D eigenvalue weighted by atomic mass is 9.99. The topological polar surface area (TPSA) is 129 Å². The molecule has 1 aromatic heterocycles. The molecule has 0 unspecified atom stereocenters. The van der Waals surface area contributed by atoms with Gasteiger partial charge in [-0.1, -0.05) is 24.3 Å². The fourth-order valence-corrected chi connectivity index (χ4v) is 3.88. The number of carbonyl (C=O) groups excluding carboxylic acids is 1. The zero-order valence-corrected chi connectivity index (χ0v) is 19.2. The summed E-state index contributed by atoms with van der Waals surface area (Å²) in [6.45, 7) is 2.04. The second-order valence-corrected chi connectivity index (χ2v) is 7.80. The molecule has 0 fully saturated rings. The SMILES string of the molecule is COc1cc(Cc2cnc(N)nc2N)cc(C(=O)/C=C/N2N=Cc3ccccc3[C@@H]2C)c1OC. The molecule has 2 aromatic carbocycles. The van der Waals surface area contributed by atoms with Gasteiger partial charge >= 0.3 is 0 Å². The van der Waals surface area contributed by atoms with Gasteiger partial charge in [0.05, 0.1) is 32.0 Å². The van der Waals surface area contributed by atoms with Gasteiger partial charge in [-0.15, -0.1) is 0 Å². The standard InChI is InChI=1S/C25H26N6O3/c1-15-19-7-5-4-6-17(19)14-29-31(15)9-8-21(32)20-11-16(12-22(33-2)23(20)34-3)10-18-13-28-25(27)30-24(18)26/h4-9,11-15H,10H2,1-3H3,(H4,26,27,28,30)/b9-8+/t15-/m0/s1. The minimum Gasteiger partial charge on any atom is -0.493 e. The van der Waals surface area contributed by atoms with Crippen LogP contribution in [0.2, 0.25) is 0 Å². The fraction of sp³-hybridized carbons (Fsp3) is 0.200. The quantitative estimate of drug-likeness (QED) is 0.407. The molecule has 0 bridgehead atoms. The lowest BCUT2D eigenvalue weighted by Gasteiger charge is -2.27. The van der Waals surface area contributed by atoms with Crippen LogP contribution in [0.5, 0.6) is 11.5 Å². The first-order valence-electron chi connectivity index (χ1n) is 10.7. The van der Waals surface area contributed by atoms with Crippen molar-refractivity contribution in [1.82, 2.24) is 15.0 Å². The summed E-state index contributed by atoms with van der Waals surface area (Å²) in [5.41, 5.74) is 15.6. The molecule has 2 heterocycles. The Bertz CT molecular complexity index is 1290. The number of aromatic nitrogens is 2. The second-order valence-electron chi connectivity index (χ2n) is 7.80. The molecular formula is C25H26N6O3. The number of ketones is 1. The molecule has 4 rings (SSSR count). The van der Waals surface area contributed by atoms with Gasteiger partial charge in [-0.25, -0.2) is 4.98 Å². The van der Waals surface area contributed by atoms with Gasteiger partial charge in [-0.3, -0.25) is 9.80 Å². The number of hydrogen-bond donors (Lipinski definition) is 2. The number of rotatable bonds is 7. The van der Waals surface area contributed by atoms with Crippen molar-refractivity contribution in [3.63, 3.8) is 0 Å². The highest BCUT2D eigenvalue weighted by Crippen LogP contribution is 2.34. The van der Waals surface area contributed by atoms with E-state index in [0.29, 0.717) is 29.0 Å². The van der Waals surface area contributed by atoms with Crippen LogP contribution in [0.3, 0.4) is 0 Å². The number of nitrogens with zero attached hydrogens (tertiary/aromatic N) is 4. The number of hydrazone groups is 1. The molecule has 0 saturated carbocycles. The maximum Gasteiger partial charge on any atom is 0.221 e. The minimum absolute atomic E-state index is 0.0125. The summed E-state index contributed by atoms with van der Waals surface area (Å²) in [5.74, 6) is 0.923. The summed E-state index contributed by atoms with van der Waals surface area (Å²) >= 11 is 0. The minimum atomic E-state index is -0.250. The van der Waals surface area contributed by atoms with Gasteiger partial charge in [-0.2, -0.15) is 10.1 Å². The molecule has 1 atom stereocenters. The van der Waals surface area contributed by atoms with Crippen LogP contribution in [0.25, 0.3) is 0 Å². The first-order valence-corrected chi connectivity index (χ1v) is 10.7. The lowest BCUT2D eigenvalue weighted by Crippen LogP contribution is -2.21. The number of ether oxygens (including phenoxy) is 2. The van der Waals surface area contributed by atoms with Crippen molar-refractivity contribution in [3.05, 3.63) is 82.7 Å². The average molecular weight is 459 g/mol. The fourth-order valence-electron chi connectivity index (χ4n) is 3.88. The van der Waals surface area contributed by atoms with Gasteiger partial charge in [0.1, 0.15) is 5.82 Å². The zero-order chi connectivity index (χ0) is 24.2. The molecule has 9 nitrogen and oxygen atoms in total. The van der Waals surface area contributed by atoms with E-state index >= 15 is 0 Å². The molecule has 4 N–H and O–H groups in total. The number of nitrogens with two attached hydrogens (primary N) is 2. The summed E-state index contributed by atoms with van der Waals surface area (Å²) in [7, 11) is 3.02. The van der Waals surface area contributed by atoms with Gasteiger partial charge in [-0.05, 0) is 35.7 Å². The highest BCUT2D eigenvalue weighted by atomic mass is 16.5. The third-order valence-electron chi connectivity index (χ3n) is 5.67. The number of fused-ring (bicyclic) bond motifs is 1. The molecule has 1 aliphatic heterocycles. The van der Waals surface area contributed by atoms with Crippen LogP contribution in [0, 0.1) is 0 Å². The van der Waals surface area contributed by atoms with Gasteiger partial charge in [0, 0.05) is 30.5 Å². The first-order chi connectivity index (χ1) is 16.4. The lowest BCUT2D eigenvalue weighted by molar-refractivity contribution is 0.104. The van der Waals surface area contributed by atoms with Crippen molar-refractivity contribution in [2.75, 3.05) is 25.7 Å². The van der Waals surface area contributed by atoms with Crippen molar-refractivity contribution in [3.8, 4) is 11.5 Å². The van der Waals surface area contributed by atoms with Crippen LogP contribution in [-0.2, 0) is 6.42 Å². The number of nitrogen functional groups attached to an aromatic ring is 2. The van der Waals surface area contributed by atoms with Crippen molar-refractivity contribution < 1.29 is 14.3 Å². The van der Waals surface area contributed by atoms with Crippen LogP contribution in [0.15, 0.2) is 60.0 Å². The molecular weight excluding hydrogens is 432 g/mol. The molecule has 9 heteroatoms. The summed E-state index contributed by atoms with van der Waals surface area (Å²) in [6.07, 6.45) is 6.89. The molecule has 174 valence electrons. The predicted octanol–water partition coefficient (Wildman–Crippen LogP) is 3.36. The first kappa shape index (κ1) is 22.8. The summed E-state index contributed by atoms with van der Waals surface area (Å²) in [4.78, 5) is 21.2. The van der Waals surface area contributed by atoms with Crippen molar-refractivity contribution in [2.45, 2.75) is 19.4 Å². The third-order valence-corrected chi connectivity index (χ3v) is 5.67. The van der Waals surface area contributed by atoms with Gasteiger partial charge < -0.3 is 20.9 Å². The van der Waals surface area contributed by atoms with E-state index in [1.165, 1.54) is 20.3 Å². The van der Waals surface area contributed by atoms with Gasteiger partial charge in [0.2, 0.25) is 5.95 Å². The molecule has 0 aliphatic carbocycles. The zero-order valence-electron chi connectivity index (χ0n) is 19.2. The van der Waals surface area contributed by atoms with E-state index in [1.54, 1.807) is 35.8 Å². The van der Waals surface area contributed by atoms with E-state index < -0.39 is 0 Å². The normalized spacial score (nSPS) is 14.8. The van der Waals surface area contributed by atoms with E-state index in [0.717, 1.165) is 16.7 Å². The summed E-state index contributed by atoms with van der Waals surface area (Å²) < 4.78 is 11.0. The molecule has 1 aliphatic rings. The van der Waals surface area contributed by atoms with E-state index in [9.17, 15) is 4.79 Å². The molecule has 34 heavy (non-hydrogen) atoms. The van der Waals surface area contributed by atoms with E-state index in [4.69, 9.17) is 20.9 Å². The molecule has 0 amide bonds. The van der Waals surface area contributed by atoms with E-state index in [-0.39, 0.29) is 23.6 Å². The highest BCUT2D eigenvalue weighted by molar-refractivity contribution is 6.07. The van der Waals surface area contributed by atoms with Crippen LogP contribution in [-0.4, -0.2) is 41.2 Å². The Labute approximate surface area is 197 Å². The number of methoxy groups -OCH3 is 2. The summed E-state index contributed by atoms with van der Waals surface area (Å²) in [5, 5.41) is 6.21. The average Bonchev–Trinajstić information content (AvgIpc) is 2.84. The second kappa shape index (κ2) is 9.62. The molecule has 0 radical (unpaired) electrons. The van der Waals surface area contributed by atoms with Crippen molar-refractivity contribution in [2.24, 2.45) is 5.10 Å². The van der Waals surface area contributed by atoms with Gasteiger partial charge in [0.25, 0.3) is 0 Å². The van der Waals surface area contributed by atoms with E-state index in [2.05, 4.69) is 21.1 Å². The maximum atomic E-state index is 13.2. The van der Waals surface area contributed by atoms with Crippen LogP contribution < -0.4 is 20.9 Å². The van der Waals surface area contributed by atoms with Crippen molar-refractivity contribution >= 4 is 23.8 Å². The number of carbonyl (C=O) groups is 1. The van der Waals surface area contributed by atoms with Crippen LogP contribution >= 0.6 is 0 Å². The Balaban J connectivity index is 1.63. The number of allylic oxidation sites excluding steroid dienone is 1. The third kappa shape index (κ3) is 4.54. The largest absolute Gasteiger partial charge is 0.493 e. The van der Waals surface area contributed by atoms with Crippen LogP contribution in [0.4, 0.5) is 11.8 Å². The number of anilines is 2. The Morgan fingerprint density at radius 2 is 1.97 bits per heavy atom. The molecule has 3 aromatic rings. The highest BCUT2D eigenvalue weighted by Gasteiger charge is 2.21. The predicted molar refractivity (Wildman–Crippen MR) is 131 cm³/mol. The Morgan fingerprint density at radius 3 is 2.71 bits per heavy atom. The number of benzene rings is 2. The van der Waals surface area contributed by atoms with E-state index in [1.807, 2.05) is 25.1 Å². The van der Waals surface area contributed by atoms with Crippen LogP contribution in [0.1, 0.15) is 45.6 Å². The monoisotopic (exact) mass is 458 g/mol. The Kier molecular flexibility index (Phi) is 6.44. The molecule has 0 spiro atoms. The van der Waals surface area contributed by atoms with Crippen molar-refractivity contribution in [1.29, 1.82) is 0 Å². The number of hydrogen-bond acceptors (Lipinski definition) is 9. The van der Waals surface area contributed by atoms with Gasteiger partial charge in [0.15, 0.2) is 17.3 Å². The molecule has 0 saturated heterocycles. The Morgan fingerprint density at radius 1 is 1.18 bits per heavy atom.